The Bertz CT molecular complexity index is 1420. The summed E-state index contributed by atoms with van der Waals surface area (Å²) in [6.45, 7) is 11.3. The summed E-state index contributed by atoms with van der Waals surface area (Å²) < 4.78 is 2.40. The van der Waals surface area contributed by atoms with Gasteiger partial charge in [-0.15, -0.1) is 0 Å². The van der Waals surface area contributed by atoms with Crippen LogP contribution in [0.15, 0.2) is 60.8 Å². The average molecular weight is 407 g/mol. The number of fused-ring (bicyclic) bond motifs is 6. The second-order valence-corrected chi connectivity index (χ2v) is 9.20. The predicted molar refractivity (Wildman–Crippen MR) is 133 cm³/mol. The first-order valence-corrected chi connectivity index (χ1v) is 11.4. The van der Waals surface area contributed by atoms with E-state index in [1.54, 1.807) is 0 Å². The standard InChI is InChI=1S/C29H30N2/c1-6-21-15-25-23-12-7-8-13-24(23)29-30-17-27(28-19(4)10-9-11-20(28)5)31(29)26(25)16-22(21)14-18(2)3/h7-13,15-18H,6,14H2,1-5H3. The third-order valence-electron chi connectivity index (χ3n) is 6.53. The van der Waals surface area contributed by atoms with Gasteiger partial charge in [-0.05, 0) is 72.4 Å². The van der Waals surface area contributed by atoms with E-state index in [2.05, 4.69) is 99.8 Å². The summed E-state index contributed by atoms with van der Waals surface area (Å²) in [4.78, 5) is 4.95. The van der Waals surface area contributed by atoms with Gasteiger partial charge in [-0.1, -0.05) is 63.2 Å². The van der Waals surface area contributed by atoms with Crippen molar-refractivity contribution in [2.24, 2.45) is 5.92 Å². The lowest BCUT2D eigenvalue weighted by molar-refractivity contribution is 0.643. The van der Waals surface area contributed by atoms with Crippen LogP contribution in [-0.2, 0) is 12.8 Å². The van der Waals surface area contributed by atoms with Gasteiger partial charge in [0.2, 0.25) is 0 Å². The minimum Gasteiger partial charge on any atom is -0.292 e. The smallest absolute Gasteiger partial charge is 0.145 e. The van der Waals surface area contributed by atoms with E-state index >= 15 is 0 Å². The summed E-state index contributed by atoms with van der Waals surface area (Å²) in [5.74, 6) is 0.625. The van der Waals surface area contributed by atoms with Gasteiger partial charge in [-0.3, -0.25) is 4.40 Å². The molecule has 3 aromatic carbocycles. The molecule has 0 saturated carbocycles. The molecule has 0 fully saturated rings. The highest BCUT2D eigenvalue weighted by Gasteiger charge is 2.18. The summed E-state index contributed by atoms with van der Waals surface area (Å²) in [5.41, 5.74) is 10.3. The van der Waals surface area contributed by atoms with Gasteiger partial charge < -0.3 is 0 Å². The van der Waals surface area contributed by atoms with E-state index in [9.17, 15) is 0 Å². The molecule has 0 aliphatic rings. The minimum absolute atomic E-state index is 0.625. The van der Waals surface area contributed by atoms with Gasteiger partial charge in [-0.2, -0.15) is 0 Å². The van der Waals surface area contributed by atoms with Crippen LogP contribution in [-0.4, -0.2) is 9.38 Å². The molecule has 5 aromatic rings. The molecule has 0 unspecified atom stereocenters. The van der Waals surface area contributed by atoms with Crippen molar-refractivity contribution in [3.8, 4) is 11.3 Å². The third kappa shape index (κ3) is 3.13. The van der Waals surface area contributed by atoms with Gasteiger partial charge in [0.25, 0.3) is 0 Å². The number of hydrogen-bond donors (Lipinski definition) is 0. The first-order valence-electron chi connectivity index (χ1n) is 11.4. The van der Waals surface area contributed by atoms with Crippen molar-refractivity contribution in [3.05, 3.63) is 83.0 Å². The van der Waals surface area contributed by atoms with Gasteiger partial charge in [0.1, 0.15) is 5.65 Å². The van der Waals surface area contributed by atoms with Crippen LogP contribution in [0.25, 0.3) is 38.6 Å². The molecule has 0 aliphatic heterocycles. The molecular weight excluding hydrogens is 376 g/mol. The molecule has 2 heterocycles. The largest absolute Gasteiger partial charge is 0.292 e. The fraction of sp³-hybridized carbons (Fsp3) is 0.276. The zero-order valence-corrected chi connectivity index (χ0v) is 19.2. The van der Waals surface area contributed by atoms with Crippen LogP contribution in [0, 0.1) is 19.8 Å². The maximum absolute atomic E-state index is 4.95. The Morgan fingerprint density at radius 2 is 1.55 bits per heavy atom. The van der Waals surface area contributed by atoms with Gasteiger partial charge in [0, 0.05) is 16.3 Å². The van der Waals surface area contributed by atoms with Crippen LogP contribution in [0.4, 0.5) is 0 Å². The summed E-state index contributed by atoms with van der Waals surface area (Å²) >= 11 is 0. The van der Waals surface area contributed by atoms with Crippen molar-refractivity contribution in [2.45, 2.75) is 47.5 Å². The highest BCUT2D eigenvalue weighted by molar-refractivity contribution is 6.12. The van der Waals surface area contributed by atoms with Crippen molar-refractivity contribution in [1.82, 2.24) is 9.38 Å². The summed E-state index contributed by atoms with van der Waals surface area (Å²) in [6, 6.07) is 20.1. The van der Waals surface area contributed by atoms with Crippen molar-refractivity contribution in [1.29, 1.82) is 0 Å². The number of hydrogen-bond acceptors (Lipinski definition) is 1. The number of aromatic nitrogens is 2. The van der Waals surface area contributed by atoms with E-state index in [0.717, 1.165) is 18.5 Å². The Hall–Kier alpha value is -3.13. The van der Waals surface area contributed by atoms with E-state index in [1.165, 1.54) is 55.2 Å². The van der Waals surface area contributed by atoms with Crippen molar-refractivity contribution < 1.29 is 0 Å². The molecule has 156 valence electrons. The fourth-order valence-corrected chi connectivity index (χ4v) is 5.13. The topological polar surface area (TPSA) is 17.3 Å². The molecule has 2 nitrogen and oxygen atoms in total. The van der Waals surface area contributed by atoms with Crippen molar-refractivity contribution >= 4 is 27.3 Å². The SMILES string of the molecule is CCc1cc2c3ccccc3c3ncc(-c4c(C)cccc4C)n3c2cc1CC(C)C. The molecule has 0 N–H and O–H groups in total. The molecule has 0 spiro atoms. The van der Waals surface area contributed by atoms with Gasteiger partial charge in [0.15, 0.2) is 0 Å². The molecule has 0 radical (unpaired) electrons. The van der Waals surface area contributed by atoms with Crippen LogP contribution in [0.2, 0.25) is 0 Å². The lowest BCUT2D eigenvalue weighted by Crippen LogP contribution is -2.02. The third-order valence-corrected chi connectivity index (χ3v) is 6.53. The number of pyridine rings is 1. The van der Waals surface area contributed by atoms with Crippen LogP contribution >= 0.6 is 0 Å². The Morgan fingerprint density at radius 3 is 2.23 bits per heavy atom. The lowest BCUT2D eigenvalue weighted by atomic mass is 9.93. The second-order valence-electron chi connectivity index (χ2n) is 9.20. The highest BCUT2D eigenvalue weighted by atomic mass is 15.0. The maximum atomic E-state index is 4.95. The Kier molecular flexibility index (Phi) is 4.81. The Labute approximate surface area is 184 Å². The zero-order chi connectivity index (χ0) is 21.7. The van der Waals surface area contributed by atoms with Crippen LogP contribution < -0.4 is 0 Å². The number of aryl methyl sites for hydroxylation is 3. The summed E-state index contributed by atoms with van der Waals surface area (Å²) in [7, 11) is 0. The Balaban J connectivity index is 1.99. The number of rotatable bonds is 4. The van der Waals surface area contributed by atoms with Crippen molar-refractivity contribution in [2.75, 3.05) is 0 Å². The molecule has 0 saturated heterocycles. The summed E-state index contributed by atoms with van der Waals surface area (Å²) in [6.07, 6.45) is 4.21. The molecule has 2 heteroatoms. The highest BCUT2D eigenvalue weighted by Crippen LogP contribution is 2.36. The quantitative estimate of drug-likeness (QED) is 0.280. The fourth-order valence-electron chi connectivity index (χ4n) is 5.13. The van der Waals surface area contributed by atoms with Crippen LogP contribution in [0.3, 0.4) is 0 Å². The number of nitrogens with zero attached hydrogens (tertiary/aromatic N) is 2. The zero-order valence-electron chi connectivity index (χ0n) is 19.2. The van der Waals surface area contributed by atoms with E-state index in [0.29, 0.717) is 5.92 Å². The molecule has 0 atom stereocenters. The van der Waals surface area contributed by atoms with E-state index < -0.39 is 0 Å². The second kappa shape index (κ2) is 7.53. The predicted octanol–water partition coefficient (Wildman–Crippen LogP) is 7.69. The number of benzene rings is 3. The van der Waals surface area contributed by atoms with Crippen molar-refractivity contribution in [3.63, 3.8) is 0 Å². The molecule has 0 aliphatic carbocycles. The first-order chi connectivity index (χ1) is 15.0. The molecule has 2 aromatic heterocycles. The monoisotopic (exact) mass is 406 g/mol. The lowest BCUT2D eigenvalue weighted by Gasteiger charge is -2.17. The van der Waals surface area contributed by atoms with Gasteiger partial charge in [-0.25, -0.2) is 4.98 Å². The van der Waals surface area contributed by atoms with Gasteiger partial charge in [0.05, 0.1) is 17.4 Å². The molecule has 0 bridgehead atoms. The van der Waals surface area contributed by atoms with E-state index in [1.807, 2.05) is 0 Å². The summed E-state index contributed by atoms with van der Waals surface area (Å²) in [5, 5.41) is 3.82. The van der Waals surface area contributed by atoms with Crippen LogP contribution in [0.5, 0.6) is 0 Å². The maximum Gasteiger partial charge on any atom is 0.145 e. The molecule has 5 rings (SSSR count). The molecule has 31 heavy (non-hydrogen) atoms. The Morgan fingerprint density at radius 1 is 0.839 bits per heavy atom. The van der Waals surface area contributed by atoms with Gasteiger partial charge >= 0.3 is 0 Å². The number of imidazole rings is 1. The molecule has 0 amide bonds. The van der Waals surface area contributed by atoms with E-state index in [4.69, 9.17) is 4.98 Å². The van der Waals surface area contributed by atoms with E-state index in [-0.39, 0.29) is 0 Å². The normalized spacial score (nSPS) is 11.9. The first kappa shape index (κ1) is 19.8. The minimum atomic E-state index is 0.625. The average Bonchev–Trinajstić information content (AvgIpc) is 3.18. The molecular formula is C29H30N2. The van der Waals surface area contributed by atoms with Crippen LogP contribution in [0.1, 0.15) is 43.0 Å².